The average molecular weight is 395 g/mol. The lowest BCUT2D eigenvalue weighted by atomic mass is 10.1. The van der Waals surface area contributed by atoms with Gasteiger partial charge < -0.3 is 5.32 Å². The van der Waals surface area contributed by atoms with E-state index in [-0.39, 0.29) is 17.8 Å². The van der Waals surface area contributed by atoms with Crippen LogP contribution in [0.15, 0.2) is 38.6 Å². The largest absolute Gasteiger partial charge is 0.303 e. The molecule has 0 spiro atoms. The summed E-state index contributed by atoms with van der Waals surface area (Å²) in [5.41, 5.74) is 1.11. The van der Waals surface area contributed by atoms with Gasteiger partial charge in [0.1, 0.15) is 0 Å². The van der Waals surface area contributed by atoms with Crippen molar-refractivity contribution in [2.45, 2.75) is 19.0 Å². The molecule has 0 radical (unpaired) electrons. The van der Waals surface area contributed by atoms with E-state index in [1.165, 1.54) is 5.41 Å². The third kappa shape index (κ3) is 3.44. The van der Waals surface area contributed by atoms with Gasteiger partial charge in [-0.2, -0.15) is 0 Å². The summed E-state index contributed by atoms with van der Waals surface area (Å²) in [7, 11) is -3.00. The van der Waals surface area contributed by atoms with E-state index >= 15 is 0 Å². The molecule has 2 unspecified atom stereocenters. The van der Waals surface area contributed by atoms with Crippen LogP contribution in [0, 0.1) is 0 Å². The molecule has 0 bridgehead atoms. The normalized spacial score (nSPS) is 23.2. The molecule has 0 saturated heterocycles. The summed E-state index contributed by atoms with van der Waals surface area (Å²) >= 11 is 6.92. The van der Waals surface area contributed by atoms with E-state index in [0.717, 1.165) is 14.5 Å². The smallest absolute Gasteiger partial charge is 0.173 e. The van der Waals surface area contributed by atoms with Crippen molar-refractivity contribution in [3.63, 3.8) is 0 Å². The van der Waals surface area contributed by atoms with Gasteiger partial charge in [0.25, 0.3) is 0 Å². The maximum absolute atomic E-state index is 11.3. The van der Waals surface area contributed by atoms with Gasteiger partial charge >= 0.3 is 0 Å². The SMILES string of the molecule is CC(NC1C=CS(=O)(=O)C1)c1ccc(Br)cc1Br. The molecule has 0 fully saturated rings. The minimum atomic E-state index is -3.00. The Labute approximate surface area is 124 Å². The Balaban J connectivity index is 2.09. The number of benzene rings is 1. The number of nitrogens with one attached hydrogen (secondary N) is 1. The van der Waals surface area contributed by atoms with Gasteiger partial charge in [0, 0.05) is 26.4 Å². The van der Waals surface area contributed by atoms with E-state index < -0.39 is 9.84 Å². The van der Waals surface area contributed by atoms with Crippen molar-refractivity contribution in [1.29, 1.82) is 0 Å². The Bertz CT molecular complexity index is 584. The number of hydrogen-bond acceptors (Lipinski definition) is 3. The molecule has 0 aliphatic carbocycles. The Morgan fingerprint density at radius 1 is 1.39 bits per heavy atom. The van der Waals surface area contributed by atoms with Gasteiger partial charge in [0.05, 0.1) is 5.75 Å². The monoisotopic (exact) mass is 393 g/mol. The van der Waals surface area contributed by atoms with Crippen LogP contribution >= 0.6 is 31.9 Å². The van der Waals surface area contributed by atoms with Crippen molar-refractivity contribution >= 4 is 41.7 Å². The standard InChI is InChI=1S/C12H13Br2NO2S/c1-8(11-3-2-9(13)6-12(11)14)15-10-4-5-18(16,17)7-10/h2-6,8,10,15H,7H2,1H3. The van der Waals surface area contributed by atoms with Crippen molar-refractivity contribution < 1.29 is 8.42 Å². The lowest BCUT2D eigenvalue weighted by Crippen LogP contribution is -2.32. The van der Waals surface area contributed by atoms with Crippen molar-refractivity contribution in [2.75, 3.05) is 5.75 Å². The van der Waals surface area contributed by atoms with Crippen molar-refractivity contribution in [1.82, 2.24) is 5.32 Å². The van der Waals surface area contributed by atoms with E-state index in [4.69, 9.17) is 0 Å². The minimum Gasteiger partial charge on any atom is -0.303 e. The van der Waals surface area contributed by atoms with Gasteiger partial charge in [-0.1, -0.05) is 44.0 Å². The maximum atomic E-state index is 11.3. The molecular formula is C12H13Br2NO2S. The van der Waals surface area contributed by atoms with Crippen LogP contribution in [0.25, 0.3) is 0 Å². The molecule has 1 N–H and O–H groups in total. The quantitative estimate of drug-likeness (QED) is 0.856. The zero-order valence-corrected chi connectivity index (χ0v) is 13.7. The molecule has 0 aromatic heterocycles. The number of sulfone groups is 1. The van der Waals surface area contributed by atoms with Crippen molar-refractivity contribution in [3.05, 3.63) is 44.2 Å². The zero-order valence-electron chi connectivity index (χ0n) is 9.73. The van der Waals surface area contributed by atoms with Crippen molar-refractivity contribution in [2.24, 2.45) is 0 Å². The highest BCUT2D eigenvalue weighted by Gasteiger charge is 2.23. The summed E-state index contributed by atoms with van der Waals surface area (Å²) in [6, 6.07) is 5.93. The Kier molecular flexibility index (Phi) is 4.31. The third-order valence-electron chi connectivity index (χ3n) is 2.82. The van der Waals surface area contributed by atoms with Gasteiger partial charge in [-0.25, -0.2) is 8.42 Å². The summed E-state index contributed by atoms with van der Waals surface area (Å²) in [5, 5.41) is 4.59. The lowest BCUT2D eigenvalue weighted by Gasteiger charge is -2.19. The first-order valence-corrected chi connectivity index (χ1v) is 8.79. The van der Waals surface area contributed by atoms with Gasteiger partial charge in [0.2, 0.25) is 0 Å². The predicted octanol–water partition coefficient (Wildman–Crippen LogP) is 3.17. The van der Waals surface area contributed by atoms with Crippen LogP contribution < -0.4 is 5.32 Å². The van der Waals surface area contributed by atoms with Crippen LogP contribution in [0.5, 0.6) is 0 Å². The van der Waals surface area contributed by atoms with Gasteiger partial charge in [0.15, 0.2) is 9.84 Å². The van der Waals surface area contributed by atoms with E-state index in [9.17, 15) is 8.42 Å². The molecule has 1 aliphatic rings. The Hall–Kier alpha value is -0.170. The minimum absolute atomic E-state index is 0.0791. The first-order chi connectivity index (χ1) is 8.37. The van der Waals surface area contributed by atoms with Gasteiger partial charge in [-0.3, -0.25) is 0 Å². The second-order valence-electron chi connectivity index (χ2n) is 4.32. The molecule has 2 rings (SSSR count). The molecule has 18 heavy (non-hydrogen) atoms. The number of hydrogen-bond donors (Lipinski definition) is 1. The first kappa shape index (κ1) is 14.2. The molecule has 1 aromatic carbocycles. The predicted molar refractivity (Wildman–Crippen MR) is 80.1 cm³/mol. The van der Waals surface area contributed by atoms with Gasteiger partial charge in [-0.05, 0) is 24.6 Å². The second kappa shape index (κ2) is 5.45. The summed E-state index contributed by atoms with van der Waals surface area (Å²) in [5.74, 6) is 0.144. The molecular weight excluding hydrogens is 382 g/mol. The third-order valence-corrected chi connectivity index (χ3v) is 5.40. The molecule has 0 saturated carbocycles. The van der Waals surface area contributed by atoms with Crippen LogP contribution in [-0.4, -0.2) is 20.2 Å². The highest BCUT2D eigenvalue weighted by molar-refractivity contribution is 9.11. The molecule has 0 amide bonds. The molecule has 6 heteroatoms. The topological polar surface area (TPSA) is 46.2 Å². The van der Waals surface area contributed by atoms with Crippen LogP contribution in [0.2, 0.25) is 0 Å². The van der Waals surface area contributed by atoms with Crippen LogP contribution in [0.3, 0.4) is 0 Å². The molecule has 1 heterocycles. The van der Waals surface area contributed by atoms with Crippen LogP contribution in [0.4, 0.5) is 0 Å². The fourth-order valence-electron chi connectivity index (χ4n) is 1.94. The van der Waals surface area contributed by atoms with E-state index in [2.05, 4.69) is 37.2 Å². The summed E-state index contributed by atoms with van der Waals surface area (Å²) in [4.78, 5) is 0. The fraction of sp³-hybridized carbons (Fsp3) is 0.333. The summed E-state index contributed by atoms with van der Waals surface area (Å²) < 4.78 is 24.7. The van der Waals surface area contributed by atoms with E-state index in [0.29, 0.717) is 0 Å². The average Bonchev–Trinajstić information content (AvgIpc) is 2.57. The molecule has 1 aliphatic heterocycles. The lowest BCUT2D eigenvalue weighted by molar-refractivity contribution is 0.533. The molecule has 1 aromatic rings. The first-order valence-electron chi connectivity index (χ1n) is 5.49. The fourth-order valence-corrected chi connectivity index (χ4v) is 4.58. The summed E-state index contributed by atoms with van der Waals surface area (Å²) in [6.07, 6.45) is 1.71. The van der Waals surface area contributed by atoms with Crippen LogP contribution in [0.1, 0.15) is 18.5 Å². The molecule has 98 valence electrons. The van der Waals surface area contributed by atoms with E-state index in [1.807, 2.05) is 25.1 Å². The highest BCUT2D eigenvalue weighted by atomic mass is 79.9. The van der Waals surface area contributed by atoms with Crippen LogP contribution in [-0.2, 0) is 9.84 Å². The Morgan fingerprint density at radius 3 is 2.67 bits per heavy atom. The van der Waals surface area contributed by atoms with E-state index in [1.54, 1.807) is 6.08 Å². The van der Waals surface area contributed by atoms with Crippen molar-refractivity contribution in [3.8, 4) is 0 Å². The maximum Gasteiger partial charge on any atom is 0.173 e. The molecule has 2 atom stereocenters. The number of rotatable bonds is 3. The van der Waals surface area contributed by atoms with Gasteiger partial charge in [-0.15, -0.1) is 0 Å². The number of halogens is 2. The zero-order chi connectivity index (χ0) is 13.3. The summed E-state index contributed by atoms with van der Waals surface area (Å²) in [6.45, 7) is 2.02. The second-order valence-corrected chi connectivity index (χ2v) is 8.02. The highest BCUT2D eigenvalue weighted by Crippen LogP contribution is 2.27. The molecule has 3 nitrogen and oxygen atoms in total. The Morgan fingerprint density at radius 2 is 2.11 bits per heavy atom.